The summed E-state index contributed by atoms with van der Waals surface area (Å²) in [6, 6.07) is 14.9. The lowest BCUT2D eigenvalue weighted by atomic mass is 9.97. The van der Waals surface area contributed by atoms with E-state index < -0.39 is 0 Å². The highest BCUT2D eigenvalue weighted by Gasteiger charge is 2.28. The van der Waals surface area contributed by atoms with Crippen LogP contribution in [0, 0.1) is 20.8 Å². The molecule has 3 aromatic rings. The lowest BCUT2D eigenvalue weighted by Crippen LogP contribution is -2.48. The van der Waals surface area contributed by atoms with E-state index in [1.54, 1.807) is 7.11 Å². The van der Waals surface area contributed by atoms with Crippen LogP contribution in [0.4, 0.5) is 5.69 Å². The van der Waals surface area contributed by atoms with E-state index in [-0.39, 0.29) is 11.8 Å². The van der Waals surface area contributed by atoms with Gasteiger partial charge in [0.05, 0.1) is 20.3 Å². The summed E-state index contributed by atoms with van der Waals surface area (Å²) in [6.45, 7) is 14.0. The molecule has 9 heteroatoms. The highest BCUT2D eigenvalue weighted by atomic mass is 16.5. The van der Waals surface area contributed by atoms with E-state index in [0.717, 1.165) is 55.8 Å². The van der Waals surface area contributed by atoms with Crippen molar-refractivity contribution < 1.29 is 19.1 Å². The summed E-state index contributed by atoms with van der Waals surface area (Å²) in [5.41, 5.74) is 6.64. The third kappa shape index (κ3) is 8.06. The number of likely N-dealkylation sites (tertiary alicyclic amines) is 1. The number of rotatable bonds is 11. The maximum Gasteiger partial charge on any atom is 0.254 e. The molecule has 0 aliphatic carbocycles. The van der Waals surface area contributed by atoms with Crippen molar-refractivity contribution in [3.63, 3.8) is 0 Å². The number of carbonyl (C=O) groups excluding carboxylic acids is 2. The standard InChI is InChI=1S/C37H49N5O4/c1-26-10-14-38-24-31(26)25-42(32-6-8-34(45-5)9-7-32)33-12-16-40(17-13-33)29(4)11-15-39-36(43)35-27(2)22-30(23-28(35)3)37(44)41-18-20-46-21-19-41/h6-10,14,22-24,29,33H,11-13,15-21,25H2,1-5H3,(H,39,43)/t29-/m1/s1. The number of nitrogens with one attached hydrogen (secondary N) is 1. The monoisotopic (exact) mass is 627 g/mol. The Morgan fingerprint density at radius 2 is 1.67 bits per heavy atom. The molecule has 2 fully saturated rings. The number of aryl methyl sites for hydroxylation is 3. The van der Waals surface area contributed by atoms with Gasteiger partial charge >= 0.3 is 0 Å². The van der Waals surface area contributed by atoms with Crippen molar-refractivity contribution in [1.82, 2.24) is 20.1 Å². The number of methoxy groups -OCH3 is 1. The molecule has 0 bridgehead atoms. The minimum Gasteiger partial charge on any atom is -0.497 e. The quantitative estimate of drug-likeness (QED) is 0.314. The topological polar surface area (TPSA) is 87.2 Å². The zero-order valence-corrected chi connectivity index (χ0v) is 28.1. The van der Waals surface area contributed by atoms with Crippen LogP contribution in [-0.2, 0) is 11.3 Å². The molecule has 0 radical (unpaired) electrons. The maximum atomic E-state index is 13.2. The molecule has 2 amide bonds. The summed E-state index contributed by atoms with van der Waals surface area (Å²) < 4.78 is 10.8. The van der Waals surface area contributed by atoms with Crippen molar-refractivity contribution in [3.8, 4) is 5.75 Å². The molecule has 2 aliphatic heterocycles. The Kier molecular flexibility index (Phi) is 11.3. The number of ether oxygens (including phenoxy) is 2. The van der Waals surface area contributed by atoms with Gasteiger partial charge in [-0.15, -0.1) is 0 Å². The van der Waals surface area contributed by atoms with Crippen LogP contribution in [0.25, 0.3) is 0 Å². The van der Waals surface area contributed by atoms with Crippen LogP contribution in [0.3, 0.4) is 0 Å². The SMILES string of the molecule is COc1ccc(N(Cc2cnccc2C)C2CCN([C@H](C)CCNC(=O)c3c(C)cc(C(=O)N4CCOCC4)cc3C)CC2)cc1. The Labute approximate surface area is 273 Å². The first-order chi connectivity index (χ1) is 22.2. The van der Waals surface area contributed by atoms with E-state index in [9.17, 15) is 9.59 Å². The molecule has 0 saturated carbocycles. The summed E-state index contributed by atoms with van der Waals surface area (Å²) >= 11 is 0. The highest BCUT2D eigenvalue weighted by molar-refractivity contribution is 6.00. The lowest BCUT2D eigenvalue weighted by molar-refractivity contribution is 0.0302. The van der Waals surface area contributed by atoms with Crippen LogP contribution in [0.2, 0.25) is 0 Å². The fourth-order valence-electron chi connectivity index (χ4n) is 6.75. The molecule has 1 atom stereocenters. The van der Waals surface area contributed by atoms with E-state index in [1.807, 2.05) is 55.4 Å². The van der Waals surface area contributed by atoms with Gasteiger partial charge in [-0.05, 0) is 112 Å². The molecule has 3 heterocycles. The van der Waals surface area contributed by atoms with Gasteiger partial charge in [0.15, 0.2) is 0 Å². The van der Waals surface area contributed by atoms with Crippen LogP contribution in [-0.4, -0.2) is 91.7 Å². The number of hydrogen-bond donors (Lipinski definition) is 1. The molecule has 0 unspecified atom stereocenters. The number of aromatic nitrogens is 1. The van der Waals surface area contributed by atoms with Crippen molar-refractivity contribution in [3.05, 3.63) is 88.2 Å². The molecule has 1 aromatic heterocycles. The van der Waals surface area contributed by atoms with Gasteiger partial charge in [-0.3, -0.25) is 14.6 Å². The van der Waals surface area contributed by atoms with E-state index in [4.69, 9.17) is 9.47 Å². The van der Waals surface area contributed by atoms with Gasteiger partial charge in [0.25, 0.3) is 11.8 Å². The third-order valence-corrected chi connectivity index (χ3v) is 9.61. The number of benzene rings is 2. The average Bonchev–Trinajstić information content (AvgIpc) is 3.08. The van der Waals surface area contributed by atoms with Gasteiger partial charge in [-0.1, -0.05) is 0 Å². The van der Waals surface area contributed by atoms with Gasteiger partial charge in [0, 0.05) is 80.6 Å². The number of pyridine rings is 1. The van der Waals surface area contributed by atoms with E-state index in [0.29, 0.717) is 56.1 Å². The number of piperidine rings is 1. The van der Waals surface area contributed by atoms with Gasteiger partial charge in [-0.25, -0.2) is 0 Å². The zero-order valence-electron chi connectivity index (χ0n) is 28.1. The smallest absolute Gasteiger partial charge is 0.254 e. The second-order valence-corrected chi connectivity index (χ2v) is 12.7. The Hall–Kier alpha value is -3.95. The minimum absolute atomic E-state index is 0.00152. The van der Waals surface area contributed by atoms with Crippen molar-refractivity contribution in [2.75, 3.05) is 57.9 Å². The molecule has 46 heavy (non-hydrogen) atoms. The largest absolute Gasteiger partial charge is 0.497 e. The van der Waals surface area contributed by atoms with Crippen LogP contribution >= 0.6 is 0 Å². The molecule has 2 aliphatic rings. The summed E-state index contributed by atoms with van der Waals surface area (Å²) in [5.74, 6) is 0.781. The predicted molar refractivity (Wildman–Crippen MR) is 182 cm³/mol. The van der Waals surface area contributed by atoms with Crippen LogP contribution < -0.4 is 15.0 Å². The normalized spacial score (nSPS) is 16.6. The molecule has 1 N–H and O–H groups in total. The second-order valence-electron chi connectivity index (χ2n) is 12.7. The van der Waals surface area contributed by atoms with Gasteiger partial charge in [0.1, 0.15) is 5.75 Å². The summed E-state index contributed by atoms with van der Waals surface area (Å²) in [4.78, 5) is 37.5. The van der Waals surface area contributed by atoms with E-state index in [1.165, 1.54) is 16.8 Å². The number of nitrogens with zero attached hydrogens (tertiary/aromatic N) is 4. The number of amides is 2. The van der Waals surface area contributed by atoms with E-state index in [2.05, 4.69) is 52.1 Å². The zero-order chi connectivity index (χ0) is 32.6. The first-order valence-electron chi connectivity index (χ1n) is 16.6. The number of anilines is 1. The average molecular weight is 628 g/mol. The molecular weight excluding hydrogens is 578 g/mol. The third-order valence-electron chi connectivity index (χ3n) is 9.61. The second kappa shape index (κ2) is 15.6. The van der Waals surface area contributed by atoms with Crippen LogP contribution in [0.5, 0.6) is 5.75 Å². The van der Waals surface area contributed by atoms with Crippen LogP contribution in [0.1, 0.15) is 69.2 Å². The Balaban J connectivity index is 1.14. The first kappa shape index (κ1) is 33.4. The molecule has 246 valence electrons. The molecule has 2 saturated heterocycles. The summed E-state index contributed by atoms with van der Waals surface area (Å²) in [6.07, 6.45) is 6.84. The fraction of sp³-hybridized carbons (Fsp3) is 0.486. The Morgan fingerprint density at radius 3 is 2.30 bits per heavy atom. The van der Waals surface area contributed by atoms with Crippen molar-refractivity contribution in [2.24, 2.45) is 0 Å². The minimum atomic E-state index is -0.0768. The number of hydrogen-bond acceptors (Lipinski definition) is 7. The van der Waals surface area contributed by atoms with Gasteiger partial charge in [-0.2, -0.15) is 0 Å². The first-order valence-corrected chi connectivity index (χ1v) is 16.6. The highest BCUT2D eigenvalue weighted by Crippen LogP contribution is 2.29. The van der Waals surface area contributed by atoms with Crippen molar-refractivity contribution >= 4 is 17.5 Å². The predicted octanol–water partition coefficient (Wildman–Crippen LogP) is 5.17. The van der Waals surface area contributed by atoms with Gasteiger partial charge < -0.3 is 29.5 Å². The molecule has 2 aromatic carbocycles. The van der Waals surface area contributed by atoms with Crippen molar-refractivity contribution in [2.45, 2.75) is 65.6 Å². The molecule has 5 rings (SSSR count). The fourth-order valence-corrected chi connectivity index (χ4v) is 6.75. The van der Waals surface area contributed by atoms with Gasteiger partial charge in [0.2, 0.25) is 0 Å². The maximum absolute atomic E-state index is 13.2. The van der Waals surface area contributed by atoms with Crippen LogP contribution in [0.15, 0.2) is 54.9 Å². The van der Waals surface area contributed by atoms with Crippen molar-refractivity contribution in [1.29, 1.82) is 0 Å². The Morgan fingerprint density at radius 1 is 1.00 bits per heavy atom. The number of carbonyl (C=O) groups is 2. The molecular formula is C37H49N5O4. The summed E-state index contributed by atoms with van der Waals surface area (Å²) in [5, 5.41) is 3.15. The molecule has 9 nitrogen and oxygen atoms in total. The summed E-state index contributed by atoms with van der Waals surface area (Å²) in [7, 11) is 1.70. The molecule has 0 spiro atoms. The number of morpholine rings is 1. The van der Waals surface area contributed by atoms with E-state index >= 15 is 0 Å². The lowest BCUT2D eigenvalue weighted by Gasteiger charge is -2.42. The Bertz CT molecular complexity index is 1460.